The number of carbonyl (C=O) groups excluding carboxylic acids is 4. The first-order valence-electron chi connectivity index (χ1n) is 16.1. The molecule has 0 saturated carbocycles. The number of methoxy groups -OCH3 is 3. The summed E-state index contributed by atoms with van der Waals surface area (Å²) in [6, 6.07) is 20.8. The van der Waals surface area contributed by atoms with Crippen LogP contribution in [0, 0.1) is 0 Å². The smallest absolute Gasteiger partial charge is 0.341 e. The van der Waals surface area contributed by atoms with Gasteiger partial charge in [0.15, 0.2) is 11.5 Å². The minimum atomic E-state index is -0.551. The van der Waals surface area contributed by atoms with E-state index in [4.69, 9.17) is 14.2 Å². The van der Waals surface area contributed by atoms with E-state index in [0.717, 1.165) is 47.4 Å². The van der Waals surface area contributed by atoms with Crippen LogP contribution in [0.5, 0.6) is 11.5 Å². The highest BCUT2D eigenvalue weighted by Gasteiger charge is 2.27. The van der Waals surface area contributed by atoms with Crippen molar-refractivity contribution in [2.45, 2.75) is 49.2 Å². The lowest BCUT2D eigenvalue weighted by Gasteiger charge is -2.14. The molecule has 0 aliphatic heterocycles. The molecule has 0 saturated heterocycles. The van der Waals surface area contributed by atoms with Gasteiger partial charge < -0.3 is 30.2 Å². The van der Waals surface area contributed by atoms with Crippen LogP contribution in [0.15, 0.2) is 83.4 Å². The number of amides is 3. The second-order valence-corrected chi connectivity index (χ2v) is 14.0. The zero-order chi connectivity index (χ0) is 35.6. The van der Waals surface area contributed by atoms with Gasteiger partial charge in [-0.05, 0) is 92.3 Å². The van der Waals surface area contributed by atoms with E-state index >= 15 is 0 Å². The van der Waals surface area contributed by atoms with Crippen LogP contribution in [0.2, 0.25) is 0 Å². The largest absolute Gasteiger partial charge is 0.493 e. The predicted octanol–water partition coefficient (Wildman–Crippen LogP) is 7.35. The second-order valence-electron chi connectivity index (χ2n) is 11.5. The van der Waals surface area contributed by atoms with E-state index in [9.17, 15) is 19.2 Å². The molecule has 3 aromatic carbocycles. The van der Waals surface area contributed by atoms with Gasteiger partial charge in [-0.15, -0.1) is 23.1 Å². The zero-order valence-electron chi connectivity index (χ0n) is 28.3. The third kappa shape index (κ3) is 8.93. The van der Waals surface area contributed by atoms with Gasteiger partial charge in [-0.2, -0.15) is 0 Å². The number of rotatable bonds is 12. The SMILES string of the molecule is COC(=O)c1c(NC(=O)C(C)Sc2cccc(NC(=O)/C(=C\c3ccc(OC)c(OC)c3)NC(=O)c3ccccc3)c2)sc2c1CCCCC2. The molecular formula is C38H39N3O7S2. The maximum Gasteiger partial charge on any atom is 0.341 e. The average Bonchev–Trinajstić information content (AvgIpc) is 3.30. The van der Waals surface area contributed by atoms with Crippen LogP contribution in [0.1, 0.15) is 62.9 Å². The molecular weight excluding hydrogens is 675 g/mol. The number of benzene rings is 3. The second kappa shape index (κ2) is 17.0. The van der Waals surface area contributed by atoms with Crippen LogP contribution >= 0.6 is 23.1 Å². The van der Waals surface area contributed by atoms with Crippen molar-refractivity contribution in [1.82, 2.24) is 5.32 Å². The van der Waals surface area contributed by atoms with Crippen molar-refractivity contribution < 1.29 is 33.4 Å². The Morgan fingerprint density at radius 2 is 1.60 bits per heavy atom. The summed E-state index contributed by atoms with van der Waals surface area (Å²) < 4.78 is 15.8. The lowest BCUT2D eigenvalue weighted by atomic mass is 10.1. The maximum absolute atomic E-state index is 13.7. The van der Waals surface area contributed by atoms with Gasteiger partial charge in [0.05, 0.1) is 32.1 Å². The van der Waals surface area contributed by atoms with Crippen molar-refractivity contribution >= 4 is 63.6 Å². The summed E-state index contributed by atoms with van der Waals surface area (Å²) in [4.78, 5) is 54.7. The number of thiophene rings is 1. The fourth-order valence-corrected chi connectivity index (χ4v) is 7.72. The summed E-state index contributed by atoms with van der Waals surface area (Å²) in [6.45, 7) is 1.78. The number of hydrogen-bond donors (Lipinski definition) is 3. The van der Waals surface area contributed by atoms with Gasteiger partial charge in [-0.25, -0.2) is 4.79 Å². The topological polar surface area (TPSA) is 132 Å². The fourth-order valence-electron chi connectivity index (χ4n) is 5.52. The Morgan fingerprint density at radius 3 is 2.34 bits per heavy atom. The number of ether oxygens (including phenoxy) is 3. The van der Waals surface area contributed by atoms with E-state index < -0.39 is 23.0 Å². The van der Waals surface area contributed by atoms with Gasteiger partial charge in [0.2, 0.25) is 5.91 Å². The van der Waals surface area contributed by atoms with E-state index in [1.54, 1.807) is 79.7 Å². The molecule has 4 aromatic rings. The number of esters is 1. The average molecular weight is 714 g/mol. The fraction of sp³-hybridized carbons (Fsp3) is 0.263. The van der Waals surface area contributed by atoms with Crippen LogP contribution in [-0.2, 0) is 27.2 Å². The summed E-state index contributed by atoms with van der Waals surface area (Å²) in [7, 11) is 4.40. The van der Waals surface area contributed by atoms with Crippen molar-refractivity contribution in [3.8, 4) is 11.5 Å². The summed E-state index contributed by atoms with van der Waals surface area (Å²) >= 11 is 2.76. The quantitative estimate of drug-likeness (QED) is 0.0601. The van der Waals surface area contributed by atoms with Crippen molar-refractivity contribution in [1.29, 1.82) is 0 Å². The van der Waals surface area contributed by atoms with Gasteiger partial charge >= 0.3 is 5.97 Å². The van der Waals surface area contributed by atoms with Crippen molar-refractivity contribution in [2.24, 2.45) is 0 Å². The molecule has 0 radical (unpaired) electrons. The molecule has 1 aliphatic rings. The molecule has 0 bridgehead atoms. The lowest BCUT2D eigenvalue weighted by molar-refractivity contribution is -0.115. The molecule has 1 unspecified atom stereocenters. The molecule has 0 fully saturated rings. The number of fused-ring (bicyclic) bond motifs is 1. The Balaban J connectivity index is 1.32. The molecule has 1 aromatic heterocycles. The Bertz CT molecular complexity index is 1910. The normalized spacial score (nSPS) is 13.2. The molecule has 12 heteroatoms. The molecule has 1 heterocycles. The lowest BCUT2D eigenvalue weighted by Crippen LogP contribution is -2.30. The van der Waals surface area contributed by atoms with Gasteiger partial charge in [0.25, 0.3) is 11.8 Å². The number of aryl methyl sites for hydroxylation is 1. The molecule has 1 atom stereocenters. The summed E-state index contributed by atoms with van der Waals surface area (Å²) in [5, 5.41) is 8.58. The van der Waals surface area contributed by atoms with Crippen LogP contribution in [-0.4, -0.2) is 50.3 Å². The highest BCUT2D eigenvalue weighted by Crippen LogP contribution is 2.38. The maximum atomic E-state index is 13.7. The van der Waals surface area contributed by atoms with E-state index in [1.165, 1.54) is 44.4 Å². The van der Waals surface area contributed by atoms with Crippen LogP contribution in [0.3, 0.4) is 0 Å². The van der Waals surface area contributed by atoms with Crippen LogP contribution in [0.25, 0.3) is 6.08 Å². The summed E-state index contributed by atoms with van der Waals surface area (Å²) in [5.41, 5.74) is 2.91. The minimum Gasteiger partial charge on any atom is -0.493 e. The highest BCUT2D eigenvalue weighted by molar-refractivity contribution is 8.00. The first-order chi connectivity index (χ1) is 24.2. The number of hydrogen-bond acceptors (Lipinski definition) is 9. The first-order valence-corrected chi connectivity index (χ1v) is 17.8. The predicted molar refractivity (Wildman–Crippen MR) is 197 cm³/mol. The Kier molecular flexibility index (Phi) is 12.3. The number of nitrogens with one attached hydrogen (secondary N) is 3. The highest BCUT2D eigenvalue weighted by atomic mass is 32.2. The van der Waals surface area contributed by atoms with E-state index in [2.05, 4.69) is 16.0 Å². The zero-order valence-corrected chi connectivity index (χ0v) is 29.9. The Morgan fingerprint density at radius 1 is 0.840 bits per heavy atom. The van der Waals surface area contributed by atoms with Crippen LogP contribution < -0.4 is 25.4 Å². The standard InChI is InChI=1S/C38H39N3O7S2/c1-23(34(42)41-37-33(38(45)48-4)28-16-9-6-10-17-32(28)50-37)49-27-15-11-14-26(22-27)39-36(44)29(40-35(43)25-12-7-5-8-13-25)20-24-18-19-30(46-2)31(21-24)47-3/h5,7-8,11-15,18-23H,6,9-10,16-17H2,1-4H3,(H,39,44)(H,40,43)(H,41,42)/b29-20+. The van der Waals surface area contributed by atoms with Crippen molar-refractivity contribution in [3.63, 3.8) is 0 Å². The molecule has 1 aliphatic carbocycles. The van der Waals surface area contributed by atoms with E-state index in [0.29, 0.717) is 38.9 Å². The number of carbonyl (C=O) groups is 4. The molecule has 0 spiro atoms. The molecule has 50 heavy (non-hydrogen) atoms. The molecule has 5 rings (SSSR count). The minimum absolute atomic E-state index is 0.00707. The third-order valence-electron chi connectivity index (χ3n) is 8.07. The summed E-state index contributed by atoms with van der Waals surface area (Å²) in [5.74, 6) is -0.708. The van der Waals surface area contributed by atoms with E-state index in [1.807, 2.05) is 6.07 Å². The molecule has 3 amide bonds. The molecule has 10 nitrogen and oxygen atoms in total. The van der Waals surface area contributed by atoms with Gasteiger partial charge in [-0.1, -0.05) is 36.8 Å². The molecule has 3 N–H and O–H groups in total. The van der Waals surface area contributed by atoms with Gasteiger partial charge in [-0.3, -0.25) is 14.4 Å². The Hall–Kier alpha value is -5.07. The number of thioether (sulfide) groups is 1. The summed E-state index contributed by atoms with van der Waals surface area (Å²) in [6.07, 6.45) is 6.37. The van der Waals surface area contributed by atoms with Gasteiger partial charge in [0.1, 0.15) is 10.7 Å². The van der Waals surface area contributed by atoms with Crippen LogP contribution in [0.4, 0.5) is 10.7 Å². The first kappa shape index (κ1) is 36.2. The number of anilines is 2. The molecule has 260 valence electrons. The van der Waals surface area contributed by atoms with Gasteiger partial charge in [0, 0.05) is 21.0 Å². The monoisotopic (exact) mass is 713 g/mol. The Labute approximate surface area is 299 Å². The van der Waals surface area contributed by atoms with E-state index in [-0.39, 0.29) is 11.6 Å². The van der Waals surface area contributed by atoms with Crippen molar-refractivity contribution in [2.75, 3.05) is 32.0 Å². The van der Waals surface area contributed by atoms with Crippen molar-refractivity contribution in [3.05, 3.63) is 106 Å². The third-order valence-corrected chi connectivity index (χ3v) is 10.4.